The van der Waals surface area contributed by atoms with Gasteiger partial charge in [0.15, 0.2) is 0 Å². The Morgan fingerprint density at radius 3 is 1.95 bits per heavy atom. The summed E-state index contributed by atoms with van der Waals surface area (Å²) in [5.74, 6) is 6.52. The van der Waals surface area contributed by atoms with E-state index < -0.39 is 7.12 Å². The second-order valence-corrected chi connectivity index (χ2v) is 7.05. The van der Waals surface area contributed by atoms with Crippen molar-refractivity contribution in [1.82, 2.24) is 0 Å². The van der Waals surface area contributed by atoms with E-state index in [-0.39, 0.29) is 0 Å². The van der Waals surface area contributed by atoms with Gasteiger partial charge in [-0.25, -0.2) is 5.90 Å². The van der Waals surface area contributed by atoms with Gasteiger partial charge < -0.3 is 9.78 Å². The van der Waals surface area contributed by atoms with E-state index in [0.29, 0.717) is 11.8 Å². The normalized spacial score (nSPS) is 21.0. The Morgan fingerprint density at radius 2 is 1.41 bits per heavy atom. The van der Waals surface area contributed by atoms with Gasteiger partial charge in [0.2, 0.25) is 0 Å². The second-order valence-electron chi connectivity index (χ2n) is 7.05. The van der Waals surface area contributed by atoms with E-state index in [2.05, 4.69) is 16.9 Å². The Hall–Kier alpha value is -0.835. The van der Waals surface area contributed by atoms with Gasteiger partial charge in [0.25, 0.3) is 0 Å². The number of rotatable bonds is 4. The van der Waals surface area contributed by atoms with Gasteiger partial charge in [0.1, 0.15) is 0 Å². The quantitative estimate of drug-likeness (QED) is 0.662. The van der Waals surface area contributed by atoms with E-state index >= 15 is 0 Å². The molecule has 0 aliphatic heterocycles. The molecule has 0 saturated heterocycles. The third-order valence-corrected chi connectivity index (χ3v) is 5.61. The molecule has 1 aromatic carbocycles. The van der Waals surface area contributed by atoms with Crippen LogP contribution in [0.4, 0.5) is 0 Å². The van der Waals surface area contributed by atoms with Crippen molar-refractivity contribution < 1.29 is 9.78 Å². The minimum absolute atomic E-state index is 0.649. The van der Waals surface area contributed by atoms with Crippen LogP contribution in [-0.4, -0.2) is 12.1 Å². The SMILES string of the molecule is NOB(O)c1ccc(C2CCCCC2)c(C2CCCCC2)c1. The van der Waals surface area contributed by atoms with Gasteiger partial charge in [-0.15, -0.1) is 0 Å². The van der Waals surface area contributed by atoms with Crippen molar-refractivity contribution in [2.75, 3.05) is 0 Å². The van der Waals surface area contributed by atoms with Gasteiger partial charge >= 0.3 is 7.12 Å². The molecule has 0 heterocycles. The van der Waals surface area contributed by atoms with Crippen LogP contribution in [0, 0.1) is 0 Å². The van der Waals surface area contributed by atoms with Crippen LogP contribution < -0.4 is 11.4 Å². The molecule has 0 bridgehead atoms. The lowest BCUT2D eigenvalue weighted by Gasteiger charge is -2.30. The van der Waals surface area contributed by atoms with Crippen LogP contribution in [0.25, 0.3) is 0 Å². The molecule has 2 aliphatic rings. The van der Waals surface area contributed by atoms with Gasteiger partial charge in [0.05, 0.1) is 0 Å². The first-order valence-corrected chi connectivity index (χ1v) is 8.97. The van der Waals surface area contributed by atoms with Gasteiger partial charge in [0, 0.05) is 0 Å². The molecule has 22 heavy (non-hydrogen) atoms. The van der Waals surface area contributed by atoms with Crippen molar-refractivity contribution in [1.29, 1.82) is 0 Å². The average Bonchev–Trinajstić information content (AvgIpc) is 2.62. The summed E-state index contributed by atoms with van der Waals surface area (Å²) < 4.78 is 4.62. The van der Waals surface area contributed by atoms with Crippen molar-refractivity contribution in [3.8, 4) is 0 Å². The molecule has 2 fully saturated rings. The van der Waals surface area contributed by atoms with Crippen LogP contribution in [0.2, 0.25) is 0 Å². The van der Waals surface area contributed by atoms with Crippen LogP contribution in [0.1, 0.15) is 87.2 Å². The standard InChI is InChI=1S/C18H28BNO2/c20-22-19(21)16-11-12-17(14-7-3-1-4-8-14)18(13-16)15-9-5-2-6-10-15/h11-15,21H,1-10,20H2. The largest absolute Gasteiger partial charge is 0.508 e. The fourth-order valence-electron chi connectivity index (χ4n) is 4.38. The third-order valence-electron chi connectivity index (χ3n) is 5.61. The third kappa shape index (κ3) is 3.56. The smallest absolute Gasteiger partial charge is 0.422 e. The maximum atomic E-state index is 9.91. The summed E-state index contributed by atoms with van der Waals surface area (Å²) in [5.41, 5.74) is 3.78. The van der Waals surface area contributed by atoms with Gasteiger partial charge in [-0.1, -0.05) is 56.7 Å². The lowest BCUT2D eigenvalue weighted by molar-refractivity contribution is 0.281. The minimum atomic E-state index is -1.01. The highest BCUT2D eigenvalue weighted by Gasteiger charge is 2.26. The molecule has 0 spiro atoms. The van der Waals surface area contributed by atoms with E-state index in [1.54, 1.807) is 0 Å². The van der Waals surface area contributed by atoms with Crippen LogP contribution in [0.5, 0.6) is 0 Å². The number of nitrogens with two attached hydrogens (primary N) is 1. The molecule has 3 nitrogen and oxygen atoms in total. The Bertz CT molecular complexity index is 482. The highest BCUT2D eigenvalue weighted by molar-refractivity contribution is 6.59. The van der Waals surface area contributed by atoms with Crippen LogP contribution in [0.3, 0.4) is 0 Å². The van der Waals surface area contributed by atoms with Crippen LogP contribution in [-0.2, 0) is 4.76 Å². The molecular formula is C18H28BNO2. The van der Waals surface area contributed by atoms with Gasteiger partial charge in [-0.05, 0) is 54.1 Å². The summed E-state index contributed by atoms with van der Waals surface area (Å²) in [6.45, 7) is 0. The molecule has 3 N–H and O–H groups in total. The zero-order chi connectivity index (χ0) is 15.4. The summed E-state index contributed by atoms with van der Waals surface area (Å²) >= 11 is 0. The fraction of sp³-hybridized carbons (Fsp3) is 0.667. The monoisotopic (exact) mass is 301 g/mol. The predicted molar refractivity (Wildman–Crippen MR) is 91.0 cm³/mol. The maximum Gasteiger partial charge on any atom is 0.508 e. The molecule has 0 aromatic heterocycles. The number of benzene rings is 1. The molecule has 3 rings (SSSR count). The molecule has 1 aromatic rings. The summed E-state index contributed by atoms with van der Waals surface area (Å²) in [6.07, 6.45) is 13.3. The lowest BCUT2D eigenvalue weighted by Crippen LogP contribution is -2.36. The molecule has 0 atom stereocenters. The Balaban J connectivity index is 1.92. The highest BCUT2D eigenvalue weighted by Crippen LogP contribution is 2.40. The number of hydrogen-bond acceptors (Lipinski definition) is 3. The van der Waals surface area contributed by atoms with Crippen molar-refractivity contribution in [3.63, 3.8) is 0 Å². The van der Waals surface area contributed by atoms with Crippen molar-refractivity contribution in [2.24, 2.45) is 5.90 Å². The van der Waals surface area contributed by atoms with E-state index in [9.17, 15) is 5.02 Å². The summed E-state index contributed by atoms with van der Waals surface area (Å²) in [5, 5.41) is 9.91. The van der Waals surface area contributed by atoms with Crippen molar-refractivity contribution >= 4 is 12.6 Å². The van der Waals surface area contributed by atoms with Crippen molar-refractivity contribution in [2.45, 2.75) is 76.0 Å². The fourth-order valence-corrected chi connectivity index (χ4v) is 4.38. The molecule has 0 radical (unpaired) electrons. The van der Waals surface area contributed by atoms with Crippen molar-refractivity contribution in [3.05, 3.63) is 29.3 Å². The number of hydrogen-bond donors (Lipinski definition) is 2. The van der Waals surface area contributed by atoms with E-state index in [1.807, 2.05) is 6.07 Å². The van der Waals surface area contributed by atoms with E-state index in [0.717, 1.165) is 5.46 Å². The first-order valence-electron chi connectivity index (χ1n) is 8.97. The van der Waals surface area contributed by atoms with Crippen LogP contribution >= 0.6 is 0 Å². The molecule has 2 aliphatic carbocycles. The first-order chi connectivity index (χ1) is 10.8. The molecule has 0 amide bonds. The lowest BCUT2D eigenvalue weighted by atomic mass is 9.71. The zero-order valence-electron chi connectivity index (χ0n) is 13.5. The molecule has 4 heteroatoms. The van der Waals surface area contributed by atoms with E-state index in [4.69, 9.17) is 5.90 Å². The average molecular weight is 301 g/mol. The molecular weight excluding hydrogens is 273 g/mol. The second kappa shape index (κ2) is 7.63. The molecule has 120 valence electrons. The first kappa shape index (κ1) is 16.0. The van der Waals surface area contributed by atoms with Crippen LogP contribution in [0.15, 0.2) is 18.2 Å². The van der Waals surface area contributed by atoms with Gasteiger partial charge in [-0.2, -0.15) is 0 Å². The predicted octanol–water partition coefficient (Wildman–Crippen LogP) is 3.36. The molecule has 2 saturated carbocycles. The van der Waals surface area contributed by atoms with E-state index in [1.165, 1.54) is 75.3 Å². The summed E-state index contributed by atoms with van der Waals surface area (Å²) in [4.78, 5) is 0. The molecule has 0 unspecified atom stereocenters. The Morgan fingerprint density at radius 1 is 0.864 bits per heavy atom. The summed E-state index contributed by atoms with van der Waals surface area (Å²) in [7, 11) is -1.01. The highest BCUT2D eigenvalue weighted by atomic mass is 16.6. The Kier molecular flexibility index (Phi) is 5.56. The maximum absolute atomic E-state index is 9.91. The Labute approximate surface area is 134 Å². The van der Waals surface area contributed by atoms with Gasteiger partial charge in [-0.3, -0.25) is 0 Å². The topological polar surface area (TPSA) is 55.5 Å². The summed E-state index contributed by atoms with van der Waals surface area (Å²) in [6, 6.07) is 6.39. The zero-order valence-corrected chi connectivity index (χ0v) is 13.5. The minimum Gasteiger partial charge on any atom is -0.422 e.